The van der Waals surface area contributed by atoms with E-state index in [0.29, 0.717) is 33.4 Å². The maximum Gasteiger partial charge on any atom is 0.367 e. The van der Waals surface area contributed by atoms with Crippen LogP contribution in [0.3, 0.4) is 0 Å². The van der Waals surface area contributed by atoms with Gasteiger partial charge in [-0.15, -0.1) is 22.7 Å². The van der Waals surface area contributed by atoms with E-state index < -0.39 is 58.7 Å². The van der Waals surface area contributed by atoms with Crippen LogP contribution in [0, 0.1) is 57.2 Å². The molecule has 12 rings (SSSR count). The summed E-state index contributed by atoms with van der Waals surface area (Å²) < 4.78 is 37.9. The van der Waals surface area contributed by atoms with Gasteiger partial charge >= 0.3 is 35.1 Å². The van der Waals surface area contributed by atoms with E-state index in [9.17, 15) is 30.6 Å². The first-order valence-corrected chi connectivity index (χ1v) is 31.7. The number of hydrogen-bond donors (Lipinski definition) is 0. The summed E-state index contributed by atoms with van der Waals surface area (Å²) in [4.78, 5) is 102. The van der Waals surface area contributed by atoms with Crippen LogP contribution < -0.4 is 0 Å². The third-order valence-electron chi connectivity index (χ3n) is 15.3. The minimum Gasteiger partial charge on any atom is -0.459 e. The maximum atomic E-state index is 15.3. The molecule has 0 N–H and O–H groups in total. The second kappa shape index (κ2) is 25.9. The van der Waals surface area contributed by atoms with Gasteiger partial charge in [0.25, 0.3) is 11.8 Å². The van der Waals surface area contributed by atoms with Crippen molar-refractivity contribution in [1.82, 2.24) is 9.80 Å². The van der Waals surface area contributed by atoms with Gasteiger partial charge in [-0.05, 0) is 83.9 Å². The summed E-state index contributed by atoms with van der Waals surface area (Å²) in [7, 11) is 0. The number of allylic oxidation sites excluding steroid dienone is 8. The van der Waals surface area contributed by atoms with E-state index in [2.05, 4.69) is 0 Å². The Bertz CT molecular complexity index is 4110. The number of thioether (sulfide) groups is 2. The van der Waals surface area contributed by atoms with Crippen molar-refractivity contribution in [3.8, 4) is 24.3 Å². The molecule has 0 bridgehead atoms. The fraction of sp³-hybridized carbons (Fsp3) is 0.176. The van der Waals surface area contributed by atoms with Crippen LogP contribution in [0.1, 0.15) is 57.0 Å². The zero-order valence-electron chi connectivity index (χ0n) is 48.5. The van der Waals surface area contributed by atoms with Crippen LogP contribution in [0.25, 0.3) is 11.1 Å². The van der Waals surface area contributed by atoms with Gasteiger partial charge in [-0.3, -0.25) is 19.4 Å². The predicted octanol–water partition coefficient (Wildman–Crippen LogP) is 11.5. The Kier molecular flexibility index (Phi) is 17.3. The first kappa shape index (κ1) is 61.4. The molecule has 2 amide bonds. The molecule has 2 saturated heterocycles. The van der Waals surface area contributed by atoms with Crippen LogP contribution >= 0.6 is 46.2 Å². The van der Waals surface area contributed by atoms with Crippen molar-refractivity contribution in [1.29, 1.82) is 21.0 Å². The number of hydrogen-bond acceptors (Lipinski definition) is 22. The minimum absolute atomic E-state index is 0.0389. The molecule has 2 aliphatic carbocycles. The Morgan fingerprint density at radius 3 is 1.08 bits per heavy atom. The van der Waals surface area contributed by atoms with Crippen LogP contribution in [0.2, 0.25) is 0 Å². The number of nitriles is 4. The van der Waals surface area contributed by atoms with E-state index in [1.807, 2.05) is 24.3 Å². The second-order valence-corrected chi connectivity index (χ2v) is 24.8. The first-order chi connectivity index (χ1) is 44.7. The molecule has 0 saturated carbocycles. The van der Waals surface area contributed by atoms with E-state index >= 15 is 19.2 Å². The number of esters is 4. The van der Waals surface area contributed by atoms with Gasteiger partial charge in [0.1, 0.15) is 82.3 Å². The highest BCUT2D eigenvalue weighted by molar-refractivity contribution is 8.20. The number of aliphatic imine (C=N–C) groups is 2. The van der Waals surface area contributed by atoms with Crippen LogP contribution in [0.4, 0.5) is 10.0 Å². The third kappa shape index (κ3) is 11.3. The smallest absolute Gasteiger partial charge is 0.367 e. The fourth-order valence-electron chi connectivity index (χ4n) is 10.8. The summed E-state index contributed by atoms with van der Waals surface area (Å²) in [6, 6.07) is 45.4. The first-order valence-electron chi connectivity index (χ1n) is 28.4. The van der Waals surface area contributed by atoms with E-state index in [0.717, 1.165) is 46.2 Å². The number of carbonyl (C=O) groups is 6. The largest absolute Gasteiger partial charge is 0.459 e. The Hall–Kier alpha value is -10.9. The van der Waals surface area contributed by atoms with Gasteiger partial charge in [0.2, 0.25) is 0 Å². The van der Waals surface area contributed by atoms with Crippen molar-refractivity contribution >= 4 is 113 Å². The highest BCUT2D eigenvalue weighted by atomic mass is 32.2. The van der Waals surface area contributed by atoms with Gasteiger partial charge < -0.3 is 28.4 Å². The lowest BCUT2D eigenvalue weighted by molar-refractivity contribution is -0.191. The molecule has 24 heteroatoms. The Balaban J connectivity index is 1.02. The van der Waals surface area contributed by atoms with Gasteiger partial charge in [0, 0.05) is 57.0 Å². The topological polar surface area (TPSA) is 284 Å². The average Bonchev–Trinajstić information content (AvgIpc) is 1.28. The molecule has 2 unspecified atom stereocenters. The maximum absolute atomic E-state index is 15.3. The zero-order chi connectivity index (χ0) is 64.3. The molecule has 6 aliphatic rings. The number of rotatable bonds is 16. The van der Waals surface area contributed by atoms with Crippen molar-refractivity contribution < 1.29 is 57.2 Å². The Morgan fingerprint density at radius 2 is 0.793 bits per heavy atom. The number of carbonyl (C=O) groups excluding carboxylic acids is 6. The summed E-state index contributed by atoms with van der Waals surface area (Å²) in [5.41, 5.74) is -2.96. The molecule has 92 heavy (non-hydrogen) atoms. The number of benzene rings is 4. The van der Waals surface area contributed by atoms with E-state index in [1.165, 1.54) is 21.9 Å². The van der Waals surface area contributed by atoms with Gasteiger partial charge in [0.05, 0.1) is 0 Å². The van der Waals surface area contributed by atoms with E-state index in [-0.39, 0.29) is 113 Å². The van der Waals surface area contributed by atoms with Gasteiger partial charge in [-0.2, -0.15) is 21.0 Å². The summed E-state index contributed by atoms with van der Waals surface area (Å²) in [6.45, 7) is 2.42. The molecule has 4 aromatic carbocycles. The van der Waals surface area contributed by atoms with Crippen molar-refractivity contribution in [2.45, 2.75) is 51.5 Å². The van der Waals surface area contributed by atoms with Crippen molar-refractivity contribution in [3.63, 3.8) is 0 Å². The average molecular weight is 1300 g/mol. The molecule has 2 aromatic heterocycles. The molecular weight excluding hydrogens is 1250 g/mol. The second-order valence-electron chi connectivity index (χ2n) is 20.8. The number of nitrogens with zero attached hydrogens (tertiary/aromatic N) is 8. The standard InChI is InChI=1S/C68H46N8O12S4/c1-3-75-59(77)57(91-61(75)45(31-69)32-70)73-53-29-49-55(89-53)47-25-43-28-52-48(26-44(43)27-51(47)87-67(49,63(79)83-35-39-17-9-5-10-18-39)64(80)84-36-40-19-11-6-12-20-40)56-50(30-54(90-56)74-58-60(78)76(4-2)62(92-58)46(33-71)34-72)68(88-52,65(81)85-37-41-21-13-7-14-22-41)66(82)86-38-42-23-15-8-16-24-42/h5-30,43-44H,3-4,35-38H2,1-2H3. The molecule has 454 valence electrons. The summed E-state index contributed by atoms with van der Waals surface area (Å²) >= 11 is 3.66. The number of fused-ring (bicyclic) bond motifs is 7. The Morgan fingerprint density at radius 1 is 0.489 bits per heavy atom. The third-order valence-corrected chi connectivity index (χ3v) is 19.5. The van der Waals surface area contributed by atoms with Gasteiger partial charge in [-0.25, -0.2) is 29.2 Å². The monoisotopic (exact) mass is 1290 g/mol. The lowest BCUT2D eigenvalue weighted by Crippen LogP contribution is -2.51. The normalized spacial score (nSPS) is 18.6. The molecule has 4 aliphatic heterocycles. The van der Waals surface area contributed by atoms with Crippen LogP contribution in [0.5, 0.6) is 0 Å². The number of thiophene rings is 2. The summed E-state index contributed by atoms with van der Waals surface area (Å²) in [5, 5.41) is 39.6. The van der Waals surface area contributed by atoms with Crippen LogP contribution in [-0.4, -0.2) is 68.7 Å². The van der Waals surface area contributed by atoms with E-state index in [4.69, 9.17) is 38.4 Å². The lowest BCUT2D eigenvalue weighted by Gasteiger charge is -2.41. The fourth-order valence-corrected chi connectivity index (χ4v) is 15.2. The van der Waals surface area contributed by atoms with Crippen LogP contribution in [-0.2, 0) is 94.8 Å². The molecular formula is C68H46N8O12S4. The highest BCUT2D eigenvalue weighted by Gasteiger charge is 2.62. The molecule has 6 aromatic rings. The number of ether oxygens (including phenoxy) is 6. The predicted molar refractivity (Wildman–Crippen MR) is 339 cm³/mol. The highest BCUT2D eigenvalue weighted by Crippen LogP contribution is 2.58. The van der Waals surface area contributed by atoms with Crippen molar-refractivity contribution in [3.05, 3.63) is 234 Å². The zero-order valence-corrected chi connectivity index (χ0v) is 51.8. The molecule has 20 nitrogen and oxygen atoms in total. The van der Waals surface area contributed by atoms with Crippen molar-refractivity contribution in [2.75, 3.05) is 13.1 Å². The molecule has 0 radical (unpaired) electrons. The molecule has 2 atom stereocenters. The van der Waals surface area contributed by atoms with Crippen LogP contribution in [0.15, 0.2) is 200 Å². The molecule has 6 heterocycles. The quantitative estimate of drug-likeness (QED) is 0.0376. The summed E-state index contributed by atoms with van der Waals surface area (Å²) in [6.07, 6.45) is 7.02. The molecule has 0 spiro atoms. The minimum atomic E-state index is -2.68. The SMILES string of the molecule is CCN1C(=O)C(=Nc2cc3c(s2)C2=CC4C=C5OC(C(=O)OCc6ccccc6)(C(=O)OCc6ccccc6)c6cc(N=C7SC(=C(C#N)C#N)N(CC)C7=O)sc6C5=CC4C=C2OC3(C(=O)OCc2ccccc2)C(=O)OCc2ccccc2)SC1=C(C#N)C#N. The van der Waals surface area contributed by atoms with E-state index in [1.54, 1.807) is 159 Å². The van der Waals surface area contributed by atoms with Crippen molar-refractivity contribution in [2.24, 2.45) is 21.8 Å². The lowest BCUT2D eigenvalue weighted by atomic mass is 9.75. The Labute approximate surface area is 542 Å². The van der Waals surface area contributed by atoms with Gasteiger partial charge in [0.15, 0.2) is 21.2 Å². The molecule has 2 fully saturated rings. The van der Waals surface area contributed by atoms with Gasteiger partial charge in [-0.1, -0.05) is 133 Å². The number of amides is 2. The summed E-state index contributed by atoms with van der Waals surface area (Å²) in [5.74, 6) is -7.09.